The molecular formula is C16H13ClF3NO2S. The van der Waals surface area contributed by atoms with Crippen molar-refractivity contribution in [3.63, 3.8) is 0 Å². The Morgan fingerprint density at radius 1 is 1.00 bits per heavy atom. The van der Waals surface area contributed by atoms with Gasteiger partial charge in [0, 0.05) is 5.02 Å². The van der Waals surface area contributed by atoms with Crippen LogP contribution < -0.4 is 0 Å². The SMILES string of the molecule is Cc1ccc(S(=O)(=O)N2C(c3ccc(Cl)cc3)C2C(F)(F)F)cc1. The van der Waals surface area contributed by atoms with Crippen LogP contribution in [0.4, 0.5) is 13.2 Å². The second-order valence-corrected chi connectivity index (χ2v) is 7.91. The van der Waals surface area contributed by atoms with Crippen LogP contribution in [-0.4, -0.2) is 24.9 Å². The Kier molecular flexibility index (Phi) is 4.14. The van der Waals surface area contributed by atoms with Crippen LogP contribution in [0.25, 0.3) is 0 Å². The van der Waals surface area contributed by atoms with Crippen LogP contribution >= 0.6 is 11.6 Å². The fourth-order valence-electron chi connectivity index (χ4n) is 2.65. The van der Waals surface area contributed by atoms with Gasteiger partial charge in [0.2, 0.25) is 10.0 Å². The topological polar surface area (TPSA) is 37.1 Å². The summed E-state index contributed by atoms with van der Waals surface area (Å²) in [5.41, 5.74) is 1.08. The van der Waals surface area contributed by atoms with Gasteiger partial charge in [-0.1, -0.05) is 41.4 Å². The van der Waals surface area contributed by atoms with Crippen LogP contribution in [0.1, 0.15) is 17.2 Å². The minimum Gasteiger partial charge on any atom is -0.207 e. The molecule has 3 nitrogen and oxygen atoms in total. The van der Waals surface area contributed by atoms with Gasteiger partial charge in [-0.15, -0.1) is 0 Å². The molecule has 3 unspecified atom stereocenters. The van der Waals surface area contributed by atoms with Crippen LogP contribution in [0.2, 0.25) is 5.02 Å². The van der Waals surface area contributed by atoms with Crippen molar-refractivity contribution < 1.29 is 21.6 Å². The van der Waals surface area contributed by atoms with Crippen molar-refractivity contribution in [2.75, 3.05) is 0 Å². The van der Waals surface area contributed by atoms with E-state index in [9.17, 15) is 21.6 Å². The molecule has 2 aromatic rings. The number of nitrogens with zero attached hydrogens (tertiary/aromatic N) is 1. The summed E-state index contributed by atoms with van der Waals surface area (Å²) in [7, 11) is -4.24. The summed E-state index contributed by atoms with van der Waals surface area (Å²) in [5, 5.41) is 0.371. The molecule has 8 heteroatoms. The van der Waals surface area contributed by atoms with E-state index in [-0.39, 0.29) is 10.5 Å². The first-order valence-corrected chi connectivity index (χ1v) is 8.86. The maximum atomic E-state index is 13.3. The zero-order chi connectivity index (χ0) is 17.7. The molecule has 0 N–H and O–H groups in total. The van der Waals surface area contributed by atoms with Crippen LogP contribution in [-0.2, 0) is 10.0 Å². The molecular weight excluding hydrogens is 363 g/mol. The Labute approximate surface area is 142 Å². The third-order valence-corrected chi connectivity index (χ3v) is 6.03. The minimum absolute atomic E-state index is 0.154. The monoisotopic (exact) mass is 375 g/mol. The number of hydrogen-bond acceptors (Lipinski definition) is 2. The molecule has 0 amide bonds. The van der Waals surface area contributed by atoms with E-state index < -0.39 is 28.3 Å². The largest absolute Gasteiger partial charge is 0.407 e. The minimum atomic E-state index is -4.65. The Balaban J connectivity index is 2.01. The van der Waals surface area contributed by atoms with E-state index in [0.717, 1.165) is 5.56 Å². The van der Waals surface area contributed by atoms with Gasteiger partial charge in [0.05, 0.1) is 10.9 Å². The van der Waals surface area contributed by atoms with Crippen molar-refractivity contribution in [2.45, 2.75) is 30.1 Å². The van der Waals surface area contributed by atoms with Gasteiger partial charge in [-0.25, -0.2) is 8.42 Å². The normalized spacial score (nSPS) is 24.0. The second-order valence-electron chi connectivity index (χ2n) is 5.63. The highest BCUT2D eigenvalue weighted by molar-refractivity contribution is 7.89. The lowest BCUT2D eigenvalue weighted by molar-refractivity contribution is -0.134. The third kappa shape index (κ3) is 3.03. The summed E-state index contributed by atoms with van der Waals surface area (Å²) < 4.78 is 65.6. The molecule has 1 saturated heterocycles. The van der Waals surface area contributed by atoms with Gasteiger partial charge in [-0.05, 0) is 36.8 Å². The Morgan fingerprint density at radius 3 is 2.04 bits per heavy atom. The highest BCUT2D eigenvalue weighted by Gasteiger charge is 2.68. The summed E-state index contributed by atoms with van der Waals surface area (Å²) in [6, 6.07) is 8.11. The highest BCUT2D eigenvalue weighted by Crippen LogP contribution is 2.54. The molecule has 128 valence electrons. The molecule has 1 heterocycles. The zero-order valence-corrected chi connectivity index (χ0v) is 14.0. The smallest absolute Gasteiger partial charge is 0.207 e. The zero-order valence-electron chi connectivity index (χ0n) is 12.5. The fourth-order valence-corrected chi connectivity index (χ4v) is 4.52. The molecule has 3 atom stereocenters. The van der Waals surface area contributed by atoms with Crippen molar-refractivity contribution in [1.29, 1.82) is 0 Å². The van der Waals surface area contributed by atoms with Crippen LogP contribution in [0, 0.1) is 6.92 Å². The maximum Gasteiger partial charge on any atom is 0.407 e. The quantitative estimate of drug-likeness (QED) is 0.749. The van der Waals surface area contributed by atoms with Gasteiger partial charge in [-0.3, -0.25) is 0 Å². The van der Waals surface area contributed by atoms with E-state index in [1.54, 1.807) is 19.1 Å². The standard InChI is InChI=1S/C16H13ClF3NO2S/c1-10-2-8-13(9-3-10)24(22,23)21-14(15(21)16(18,19)20)11-4-6-12(17)7-5-11/h2-9,14-15H,1H3. The number of sulfonamides is 1. The Morgan fingerprint density at radius 2 is 1.54 bits per heavy atom. The first-order chi connectivity index (χ1) is 11.1. The number of hydrogen-bond donors (Lipinski definition) is 0. The first-order valence-electron chi connectivity index (χ1n) is 7.05. The molecule has 0 saturated carbocycles. The van der Waals surface area contributed by atoms with E-state index in [1.165, 1.54) is 36.4 Å². The molecule has 0 radical (unpaired) electrons. The molecule has 1 aliphatic rings. The molecule has 0 aliphatic carbocycles. The lowest BCUT2D eigenvalue weighted by atomic mass is 10.1. The van der Waals surface area contributed by atoms with Gasteiger partial charge in [0.25, 0.3) is 0 Å². The average Bonchev–Trinajstić information content (AvgIpc) is 3.25. The van der Waals surface area contributed by atoms with Crippen molar-refractivity contribution in [3.8, 4) is 0 Å². The summed E-state index contributed by atoms with van der Waals surface area (Å²) in [6.07, 6.45) is -4.65. The summed E-state index contributed by atoms with van der Waals surface area (Å²) >= 11 is 5.75. The molecule has 0 bridgehead atoms. The number of aryl methyl sites for hydroxylation is 1. The summed E-state index contributed by atoms with van der Waals surface area (Å²) in [5.74, 6) is 0. The van der Waals surface area contributed by atoms with E-state index in [1.807, 2.05) is 0 Å². The third-order valence-electron chi connectivity index (χ3n) is 3.90. The van der Waals surface area contributed by atoms with Crippen LogP contribution in [0.15, 0.2) is 53.4 Å². The summed E-state index contributed by atoms with van der Waals surface area (Å²) in [6.45, 7) is 1.77. The van der Waals surface area contributed by atoms with Gasteiger partial charge in [0.1, 0.15) is 6.04 Å². The van der Waals surface area contributed by atoms with Crippen LogP contribution in [0.5, 0.6) is 0 Å². The molecule has 24 heavy (non-hydrogen) atoms. The summed E-state index contributed by atoms with van der Waals surface area (Å²) in [4.78, 5) is -0.154. The van der Waals surface area contributed by atoms with Gasteiger partial charge < -0.3 is 0 Å². The Bertz CT molecular complexity index is 848. The molecule has 2 aromatic carbocycles. The first kappa shape index (κ1) is 17.3. The van der Waals surface area contributed by atoms with Gasteiger partial charge >= 0.3 is 6.18 Å². The average molecular weight is 376 g/mol. The predicted molar refractivity (Wildman–Crippen MR) is 84.2 cm³/mol. The molecule has 0 spiro atoms. The van der Waals surface area contributed by atoms with E-state index in [0.29, 0.717) is 9.33 Å². The second kappa shape index (κ2) is 5.75. The van der Waals surface area contributed by atoms with E-state index in [4.69, 9.17) is 11.6 Å². The maximum absolute atomic E-state index is 13.3. The molecule has 3 rings (SSSR count). The number of rotatable bonds is 3. The fraction of sp³-hybridized carbons (Fsp3) is 0.250. The molecule has 0 aromatic heterocycles. The highest BCUT2D eigenvalue weighted by atomic mass is 35.5. The van der Waals surface area contributed by atoms with Crippen molar-refractivity contribution >= 4 is 21.6 Å². The lowest BCUT2D eigenvalue weighted by Crippen LogP contribution is -2.24. The lowest BCUT2D eigenvalue weighted by Gasteiger charge is -2.08. The van der Waals surface area contributed by atoms with Crippen molar-refractivity contribution in [1.82, 2.24) is 4.31 Å². The van der Waals surface area contributed by atoms with E-state index >= 15 is 0 Å². The molecule has 1 fully saturated rings. The van der Waals surface area contributed by atoms with Gasteiger partial charge in [-0.2, -0.15) is 17.5 Å². The number of benzene rings is 2. The Hall–Kier alpha value is -1.57. The van der Waals surface area contributed by atoms with Crippen LogP contribution in [0.3, 0.4) is 0 Å². The molecule has 1 aliphatic heterocycles. The van der Waals surface area contributed by atoms with Crippen molar-refractivity contribution in [3.05, 3.63) is 64.7 Å². The van der Waals surface area contributed by atoms with Crippen molar-refractivity contribution in [2.24, 2.45) is 0 Å². The van der Waals surface area contributed by atoms with E-state index in [2.05, 4.69) is 0 Å². The predicted octanol–water partition coefficient (Wildman–Crippen LogP) is 4.32. The van der Waals surface area contributed by atoms with Gasteiger partial charge in [0.15, 0.2) is 0 Å². The number of halogens is 4. The number of alkyl halides is 3.